The lowest BCUT2D eigenvalue weighted by Gasteiger charge is -2.40. The summed E-state index contributed by atoms with van der Waals surface area (Å²) in [7, 11) is 0. The van der Waals surface area contributed by atoms with Crippen molar-refractivity contribution in [3.8, 4) is 33.1 Å². The number of fused-ring (bicyclic) bond motifs is 1. The number of unbranched alkanes of at least 4 members (excludes halogenated alkanes) is 2. The van der Waals surface area contributed by atoms with E-state index in [2.05, 4.69) is 42.5 Å². The first kappa shape index (κ1) is 60.3. The summed E-state index contributed by atoms with van der Waals surface area (Å²) < 4.78 is 42.2. The molecule has 0 unspecified atom stereocenters. The van der Waals surface area contributed by atoms with Gasteiger partial charge in [0.25, 0.3) is 0 Å². The van der Waals surface area contributed by atoms with Crippen LogP contribution < -0.4 is 26.0 Å². The van der Waals surface area contributed by atoms with E-state index >= 15 is 8.78 Å². The zero-order valence-electron chi connectivity index (χ0n) is 48.6. The first-order valence-electron chi connectivity index (χ1n) is 28.2. The molecule has 84 heavy (non-hydrogen) atoms. The van der Waals surface area contributed by atoms with E-state index in [9.17, 15) is 29.1 Å². The quantitative estimate of drug-likeness (QED) is 0.0489. The number of aromatic nitrogens is 8. The molecule has 20 nitrogen and oxygen atoms in total. The summed E-state index contributed by atoms with van der Waals surface area (Å²) in [4.78, 5) is 92.4. The zero-order valence-corrected chi connectivity index (χ0v) is 49.4. The van der Waals surface area contributed by atoms with Crippen LogP contribution in [0.1, 0.15) is 108 Å². The Morgan fingerprint density at radius 3 is 2.45 bits per heavy atom. The minimum atomic E-state index is -0.959. The second-order valence-corrected chi connectivity index (χ2v) is 23.8. The molecule has 7 heterocycles. The Kier molecular flexibility index (Phi) is 18.4. The number of nitrogens with one attached hydrogen (secondary N) is 2. The lowest BCUT2D eigenvalue weighted by molar-refractivity contribution is -0.144. The van der Waals surface area contributed by atoms with E-state index in [1.54, 1.807) is 44.9 Å². The highest BCUT2D eigenvalue weighted by molar-refractivity contribution is 7.13. The van der Waals surface area contributed by atoms with Gasteiger partial charge in [-0.3, -0.25) is 28.8 Å². The number of nitrogens with zero attached hydrogens (tertiary/aromatic N) is 11. The van der Waals surface area contributed by atoms with Crippen LogP contribution in [-0.4, -0.2) is 128 Å². The van der Waals surface area contributed by atoms with Gasteiger partial charge in [-0.15, -0.1) is 16.4 Å². The fourth-order valence-electron chi connectivity index (χ4n) is 10.9. The van der Waals surface area contributed by atoms with E-state index in [-0.39, 0.29) is 96.9 Å². The lowest BCUT2D eigenvalue weighted by atomic mass is 9.85. The van der Waals surface area contributed by atoms with Crippen LogP contribution in [0, 0.1) is 30.9 Å². The molecule has 0 spiro atoms. The number of pyridine rings is 2. The molecule has 2 aromatic carbocycles. The molecule has 9 rings (SSSR count). The number of rotatable bonds is 20. The Morgan fingerprint density at radius 1 is 0.976 bits per heavy atom. The van der Waals surface area contributed by atoms with Crippen LogP contribution in [-0.2, 0) is 38.9 Å². The second kappa shape index (κ2) is 25.7. The Balaban J connectivity index is 0.827. The third kappa shape index (κ3) is 13.2. The molecule has 3 N–H and O–H groups in total. The highest BCUT2D eigenvalue weighted by Crippen LogP contribution is 2.38. The molecule has 5 aromatic heterocycles. The number of aliphatic hydroxyl groups is 1. The third-order valence-electron chi connectivity index (χ3n) is 15.3. The predicted octanol–water partition coefficient (Wildman–Crippen LogP) is 7.75. The standard InChI is InChI=1S/C61H71F2N13O7S/c1-10-49(79)72-25-26-74(37(5)30-72)56-43-28-45(63)52(68-57(43)76(60(82)69-56)53-36(4)22-23-64-51(53)35(2)3)50-44(62)15-14-16-47(50)83-33-41-31-73(71-70-41)24-13-11-12-17-48(78)67-55(61(7,8)9)59(81)75-32-42(77)27-46(75)58(80)65-29-39-18-20-40(21-19-39)54-38(6)66-34-84-54/h10,14-16,18-23,28,31,34-35,37,42,46,55,77H,1,11-13,17,24-27,29-30,32-33H2,2-9H3,(H,65,80)(H,67,78)/t37-,42+,46-,55+/m0/s1. The largest absolute Gasteiger partial charge is 0.486 e. The Labute approximate surface area is 490 Å². The molecular formula is C61H71F2N13O7S. The van der Waals surface area contributed by atoms with Gasteiger partial charge in [-0.2, -0.15) is 4.98 Å². The van der Waals surface area contributed by atoms with Crippen molar-refractivity contribution in [1.29, 1.82) is 0 Å². The van der Waals surface area contributed by atoms with Crippen LogP contribution >= 0.6 is 11.3 Å². The van der Waals surface area contributed by atoms with Gasteiger partial charge >= 0.3 is 5.69 Å². The Morgan fingerprint density at radius 2 is 1.75 bits per heavy atom. The molecule has 0 radical (unpaired) electrons. The van der Waals surface area contributed by atoms with Crippen LogP contribution in [0.25, 0.3) is 38.4 Å². The van der Waals surface area contributed by atoms with E-state index in [1.807, 2.05) is 84.6 Å². The van der Waals surface area contributed by atoms with Crippen molar-refractivity contribution < 1.29 is 37.8 Å². The fraction of sp³-hybridized carbons (Fsp3) is 0.426. The molecule has 4 amide bonds. The molecular weight excluding hydrogens is 1100 g/mol. The minimum absolute atomic E-state index is 0.0193. The number of benzene rings is 2. The van der Waals surface area contributed by atoms with E-state index in [4.69, 9.17) is 9.72 Å². The smallest absolute Gasteiger partial charge is 0.355 e. The predicted molar refractivity (Wildman–Crippen MR) is 315 cm³/mol. The van der Waals surface area contributed by atoms with Crippen molar-refractivity contribution in [2.24, 2.45) is 5.41 Å². The number of β-amino-alcohol motifs (C(OH)–C–C–N with tert-alkyl or cyclic N) is 1. The monoisotopic (exact) mass is 1170 g/mol. The fourth-order valence-corrected chi connectivity index (χ4v) is 11.7. The van der Waals surface area contributed by atoms with Gasteiger partial charge in [0.15, 0.2) is 11.5 Å². The molecule has 442 valence electrons. The van der Waals surface area contributed by atoms with Crippen molar-refractivity contribution in [2.45, 2.75) is 137 Å². The summed E-state index contributed by atoms with van der Waals surface area (Å²) in [6, 6.07) is 12.7. The molecule has 7 aromatic rings. The van der Waals surface area contributed by atoms with Gasteiger partial charge in [0.2, 0.25) is 23.6 Å². The maximum absolute atomic E-state index is 16.9. The number of aliphatic hydroxyl groups excluding tert-OH is 1. The first-order valence-corrected chi connectivity index (χ1v) is 29.1. The number of thiazole rings is 1. The van der Waals surface area contributed by atoms with E-state index in [0.29, 0.717) is 61.5 Å². The zero-order chi connectivity index (χ0) is 60.1. The summed E-state index contributed by atoms with van der Waals surface area (Å²) in [6.45, 7) is 20.0. The van der Waals surface area contributed by atoms with E-state index in [1.165, 1.54) is 39.8 Å². The second-order valence-electron chi connectivity index (χ2n) is 22.9. The van der Waals surface area contributed by atoms with Gasteiger partial charge in [0, 0.05) is 64.3 Å². The van der Waals surface area contributed by atoms with Crippen LogP contribution in [0.2, 0.25) is 0 Å². The molecule has 2 aliphatic rings. The van der Waals surface area contributed by atoms with Crippen molar-refractivity contribution in [1.82, 2.24) is 59.9 Å². The van der Waals surface area contributed by atoms with Gasteiger partial charge in [-0.25, -0.2) is 28.1 Å². The molecule has 0 saturated carbocycles. The number of carbonyl (C=O) groups excluding carboxylic acids is 4. The topological polar surface area (TPSA) is 236 Å². The Hall–Kier alpha value is -8.31. The number of carbonyl (C=O) groups is 4. The van der Waals surface area contributed by atoms with E-state index in [0.717, 1.165) is 21.7 Å². The number of hydrogen-bond acceptors (Lipinski definition) is 15. The van der Waals surface area contributed by atoms with Crippen LogP contribution in [0.15, 0.2) is 90.0 Å². The molecule has 2 fully saturated rings. The average molecular weight is 1170 g/mol. The number of halogens is 2. The number of anilines is 1. The summed E-state index contributed by atoms with van der Waals surface area (Å²) in [5, 5.41) is 25.2. The molecule has 2 aliphatic heterocycles. The molecule has 2 saturated heterocycles. The maximum atomic E-state index is 16.9. The van der Waals surface area contributed by atoms with Crippen molar-refractivity contribution in [3.63, 3.8) is 0 Å². The minimum Gasteiger partial charge on any atom is -0.486 e. The SMILES string of the molecule is C=CC(=O)N1CCN(c2nc(=O)n(-c3c(C)ccnc3C(C)C)c3nc(-c4c(F)cccc4OCc4cn(CCCCCC(=O)N[C@H](C(=O)N5C[C@H](O)C[C@H]5C(=O)NCc5ccc(-c6scnc6C)cc5)C(C)(C)C)nn4)c(F)cc23)[C@@H](C)C1. The van der Waals surface area contributed by atoms with Gasteiger partial charge in [0.1, 0.15) is 47.5 Å². The number of ether oxygens (including phenoxy) is 1. The number of likely N-dealkylation sites (tertiary alicyclic amines) is 1. The highest BCUT2D eigenvalue weighted by Gasteiger charge is 2.44. The average Bonchev–Trinajstić information content (AvgIpc) is 3.78. The van der Waals surface area contributed by atoms with Gasteiger partial charge in [0.05, 0.1) is 50.7 Å². The first-order chi connectivity index (χ1) is 40.1. The normalized spacial score (nSPS) is 16.8. The van der Waals surface area contributed by atoms with E-state index < -0.39 is 52.5 Å². The maximum Gasteiger partial charge on any atom is 0.355 e. The lowest BCUT2D eigenvalue weighted by Crippen LogP contribution is -2.57. The van der Waals surface area contributed by atoms with Crippen molar-refractivity contribution in [2.75, 3.05) is 31.1 Å². The van der Waals surface area contributed by atoms with Crippen LogP contribution in [0.5, 0.6) is 5.75 Å². The van der Waals surface area contributed by atoms with Crippen LogP contribution in [0.4, 0.5) is 14.6 Å². The molecule has 4 atom stereocenters. The number of hydrogen-bond donors (Lipinski definition) is 3. The van der Waals surface area contributed by atoms with Crippen molar-refractivity contribution in [3.05, 3.63) is 135 Å². The molecule has 23 heteroatoms. The van der Waals surface area contributed by atoms with Crippen LogP contribution in [0.3, 0.4) is 0 Å². The van der Waals surface area contributed by atoms with Gasteiger partial charge in [-0.05, 0) is 92.0 Å². The summed E-state index contributed by atoms with van der Waals surface area (Å²) in [5.41, 5.74) is 4.66. The van der Waals surface area contributed by atoms with Gasteiger partial charge in [-0.1, -0.05) is 83.2 Å². The summed E-state index contributed by atoms with van der Waals surface area (Å²) in [5.74, 6) is -3.12. The Bertz CT molecular complexity index is 3650. The highest BCUT2D eigenvalue weighted by atomic mass is 32.1. The number of amides is 4. The number of aryl methyl sites for hydroxylation is 3. The van der Waals surface area contributed by atoms with Crippen molar-refractivity contribution >= 4 is 51.8 Å². The third-order valence-corrected chi connectivity index (χ3v) is 16.3. The molecule has 0 aliphatic carbocycles. The summed E-state index contributed by atoms with van der Waals surface area (Å²) >= 11 is 1.56. The molecule has 0 bridgehead atoms. The van der Waals surface area contributed by atoms with Gasteiger partial charge < -0.3 is 35.2 Å². The number of piperazine rings is 1. The summed E-state index contributed by atoms with van der Waals surface area (Å²) in [6.07, 6.45) is 5.65.